The van der Waals surface area contributed by atoms with Crippen molar-refractivity contribution in [1.29, 1.82) is 0 Å². The van der Waals surface area contributed by atoms with Crippen molar-refractivity contribution in [2.24, 2.45) is 0 Å². The van der Waals surface area contributed by atoms with Crippen molar-refractivity contribution in [3.63, 3.8) is 0 Å². The van der Waals surface area contributed by atoms with Crippen LogP contribution in [0.1, 0.15) is 61.2 Å². The number of hydrogen-bond acceptors (Lipinski definition) is 6. The van der Waals surface area contributed by atoms with Gasteiger partial charge in [-0.1, -0.05) is 58.0 Å². The number of para-hydroxylation sites is 1. The van der Waals surface area contributed by atoms with Crippen LogP contribution in [0.5, 0.6) is 17.2 Å². The molecule has 3 aromatic rings. The van der Waals surface area contributed by atoms with E-state index < -0.39 is 21.8 Å². The summed E-state index contributed by atoms with van der Waals surface area (Å²) in [5, 5.41) is 12.9. The first-order valence-corrected chi connectivity index (χ1v) is 14.4. The molecule has 0 unspecified atom stereocenters. The van der Waals surface area contributed by atoms with Gasteiger partial charge >= 0.3 is 0 Å². The second kappa shape index (κ2) is 15.4. The molecule has 0 atom stereocenters. The second-order valence-corrected chi connectivity index (χ2v) is 9.71. The summed E-state index contributed by atoms with van der Waals surface area (Å²) in [4.78, 5) is 24.4. The van der Waals surface area contributed by atoms with Crippen molar-refractivity contribution < 1.29 is 27.9 Å². The SMILES string of the molecule is CC.CC.Cc1cc(CCC(=O)NS(C)(=O)=O)cc(C)c1Oc1ccc(O)c(C(=O)Nc2ccccc2)c1. The number of anilines is 1. The number of aryl methyl sites for hydroxylation is 3. The zero-order valence-corrected chi connectivity index (χ0v) is 23.9. The van der Waals surface area contributed by atoms with Crippen LogP contribution in [-0.2, 0) is 21.2 Å². The van der Waals surface area contributed by atoms with Gasteiger partial charge in [0, 0.05) is 12.1 Å². The number of carbonyl (C=O) groups excluding carboxylic acids is 2. The van der Waals surface area contributed by atoms with Gasteiger partial charge < -0.3 is 15.2 Å². The minimum absolute atomic E-state index is 0.0317. The summed E-state index contributed by atoms with van der Waals surface area (Å²) in [6.45, 7) is 11.7. The molecule has 2 amide bonds. The van der Waals surface area contributed by atoms with Gasteiger partial charge in [0.05, 0.1) is 11.8 Å². The number of ether oxygens (including phenoxy) is 1. The molecule has 38 heavy (non-hydrogen) atoms. The average molecular weight is 543 g/mol. The number of amides is 2. The number of rotatable bonds is 8. The lowest BCUT2D eigenvalue weighted by Gasteiger charge is -2.15. The monoisotopic (exact) mass is 542 g/mol. The van der Waals surface area contributed by atoms with E-state index in [1.165, 1.54) is 12.1 Å². The third-order valence-electron chi connectivity index (χ3n) is 4.92. The standard InChI is InChI=1S/C25H26N2O6S.2C2H6/c1-16-13-18(9-12-23(29)27-34(3,31)32)14-17(2)24(16)33-20-10-11-22(28)21(15-20)25(30)26-19-7-5-4-6-8-19;2*1-2/h4-8,10-11,13-15,28H,9,12H2,1-3H3,(H,26,30)(H,27,29);2*1-2H3. The molecule has 3 aromatic carbocycles. The van der Waals surface area contributed by atoms with Gasteiger partial charge in [0.1, 0.15) is 17.2 Å². The summed E-state index contributed by atoms with van der Waals surface area (Å²) < 4.78 is 30.3. The first kappa shape index (κ1) is 32.2. The summed E-state index contributed by atoms with van der Waals surface area (Å²) in [5.41, 5.74) is 3.15. The zero-order valence-electron chi connectivity index (χ0n) is 23.1. The molecule has 0 saturated carbocycles. The highest BCUT2D eigenvalue weighted by atomic mass is 32.2. The Morgan fingerprint density at radius 1 is 0.895 bits per heavy atom. The number of aromatic hydroxyl groups is 1. The fraction of sp³-hybridized carbons (Fsp3) is 0.310. The van der Waals surface area contributed by atoms with Crippen molar-refractivity contribution in [3.05, 3.63) is 82.9 Å². The van der Waals surface area contributed by atoms with Crippen LogP contribution in [-0.4, -0.2) is 31.6 Å². The number of carbonyl (C=O) groups is 2. The lowest BCUT2D eigenvalue weighted by atomic mass is 10.0. The number of hydrogen-bond donors (Lipinski definition) is 3. The van der Waals surface area contributed by atoms with Crippen LogP contribution < -0.4 is 14.8 Å². The highest BCUT2D eigenvalue weighted by Crippen LogP contribution is 2.32. The molecule has 0 aliphatic rings. The topological polar surface area (TPSA) is 122 Å². The van der Waals surface area contributed by atoms with E-state index in [2.05, 4.69) is 5.32 Å². The number of phenols is 1. The van der Waals surface area contributed by atoms with Gasteiger partial charge in [-0.25, -0.2) is 8.42 Å². The van der Waals surface area contributed by atoms with E-state index in [4.69, 9.17) is 4.74 Å². The zero-order chi connectivity index (χ0) is 28.9. The largest absolute Gasteiger partial charge is 0.507 e. The molecule has 0 bridgehead atoms. The van der Waals surface area contributed by atoms with Gasteiger partial charge in [0.2, 0.25) is 15.9 Å². The first-order chi connectivity index (χ1) is 18.0. The van der Waals surface area contributed by atoms with Crippen molar-refractivity contribution in [2.45, 2.75) is 54.4 Å². The third kappa shape index (κ3) is 10.3. The molecular weight excluding hydrogens is 504 g/mol. The lowest BCUT2D eigenvalue weighted by molar-refractivity contribution is -0.119. The predicted octanol–water partition coefficient (Wildman–Crippen LogP) is 6.11. The van der Waals surface area contributed by atoms with Crippen LogP contribution in [0.4, 0.5) is 5.69 Å². The maximum absolute atomic E-state index is 12.6. The highest BCUT2D eigenvalue weighted by Gasteiger charge is 2.15. The summed E-state index contributed by atoms with van der Waals surface area (Å²) in [5.74, 6) is -0.238. The molecule has 0 spiro atoms. The summed E-state index contributed by atoms with van der Waals surface area (Å²) in [6.07, 6.45) is 1.34. The van der Waals surface area contributed by atoms with Gasteiger partial charge in [-0.05, 0) is 67.3 Å². The number of phenolic OH excluding ortho intramolecular Hbond substituents is 1. The Kier molecular flexibility index (Phi) is 13.1. The predicted molar refractivity (Wildman–Crippen MR) is 152 cm³/mol. The van der Waals surface area contributed by atoms with E-state index >= 15 is 0 Å². The molecular formula is C29H38N2O6S. The van der Waals surface area contributed by atoms with Gasteiger partial charge in [-0.2, -0.15) is 0 Å². The third-order valence-corrected chi connectivity index (χ3v) is 5.52. The van der Waals surface area contributed by atoms with Gasteiger partial charge in [0.25, 0.3) is 5.91 Å². The van der Waals surface area contributed by atoms with Crippen molar-refractivity contribution >= 4 is 27.5 Å². The molecule has 3 rings (SSSR count). The Morgan fingerprint density at radius 2 is 1.47 bits per heavy atom. The van der Waals surface area contributed by atoms with E-state index in [9.17, 15) is 23.1 Å². The smallest absolute Gasteiger partial charge is 0.259 e. The Morgan fingerprint density at radius 3 is 2.03 bits per heavy atom. The average Bonchev–Trinajstić information content (AvgIpc) is 2.88. The van der Waals surface area contributed by atoms with E-state index in [-0.39, 0.29) is 17.7 Å². The maximum Gasteiger partial charge on any atom is 0.259 e. The van der Waals surface area contributed by atoms with Crippen LogP contribution in [0, 0.1) is 13.8 Å². The molecule has 206 valence electrons. The number of nitrogens with one attached hydrogen (secondary N) is 2. The van der Waals surface area contributed by atoms with Crippen molar-refractivity contribution in [1.82, 2.24) is 4.72 Å². The van der Waals surface area contributed by atoms with E-state index in [1.807, 2.05) is 64.5 Å². The molecule has 8 nitrogen and oxygen atoms in total. The number of benzene rings is 3. The minimum atomic E-state index is -3.58. The minimum Gasteiger partial charge on any atom is -0.507 e. The maximum atomic E-state index is 12.6. The Labute approximate surface area is 226 Å². The first-order valence-electron chi connectivity index (χ1n) is 12.5. The quantitative estimate of drug-likeness (QED) is 0.315. The van der Waals surface area contributed by atoms with Crippen LogP contribution in [0.25, 0.3) is 0 Å². The fourth-order valence-corrected chi connectivity index (χ4v) is 3.97. The molecule has 0 aromatic heterocycles. The molecule has 0 radical (unpaired) electrons. The van der Waals surface area contributed by atoms with Gasteiger partial charge in [-0.15, -0.1) is 0 Å². The number of sulfonamides is 1. The Bertz CT molecular complexity index is 1300. The van der Waals surface area contributed by atoms with Crippen LogP contribution in [0.15, 0.2) is 60.7 Å². The fourth-order valence-electron chi connectivity index (χ4n) is 3.46. The van der Waals surface area contributed by atoms with E-state index in [1.54, 1.807) is 30.3 Å². The van der Waals surface area contributed by atoms with Crippen LogP contribution in [0.3, 0.4) is 0 Å². The molecule has 0 saturated heterocycles. The van der Waals surface area contributed by atoms with Crippen LogP contribution in [0.2, 0.25) is 0 Å². The summed E-state index contributed by atoms with van der Waals surface area (Å²) >= 11 is 0. The van der Waals surface area contributed by atoms with Crippen molar-refractivity contribution in [3.8, 4) is 17.2 Å². The summed E-state index contributed by atoms with van der Waals surface area (Å²) in [7, 11) is -3.58. The molecule has 0 heterocycles. The second-order valence-electron chi connectivity index (χ2n) is 7.96. The van der Waals surface area contributed by atoms with Gasteiger partial charge in [-0.3, -0.25) is 14.3 Å². The van der Waals surface area contributed by atoms with E-state index in [0.717, 1.165) is 22.9 Å². The molecule has 0 fully saturated rings. The van der Waals surface area contributed by atoms with Crippen LogP contribution >= 0.6 is 0 Å². The molecule has 3 N–H and O–H groups in total. The van der Waals surface area contributed by atoms with Gasteiger partial charge in [0.15, 0.2) is 0 Å². The van der Waals surface area contributed by atoms with Crippen molar-refractivity contribution in [2.75, 3.05) is 11.6 Å². The van der Waals surface area contributed by atoms with E-state index in [0.29, 0.717) is 23.6 Å². The molecule has 0 aliphatic carbocycles. The Balaban J connectivity index is 0.00000172. The highest BCUT2D eigenvalue weighted by molar-refractivity contribution is 7.89. The molecule has 0 aliphatic heterocycles. The molecule has 9 heteroatoms. The normalized spacial score (nSPS) is 10.2. The summed E-state index contributed by atoms with van der Waals surface area (Å²) in [6, 6.07) is 17.1. The lowest BCUT2D eigenvalue weighted by Crippen LogP contribution is -2.29. The Hall–Kier alpha value is -3.85.